The van der Waals surface area contributed by atoms with E-state index in [1.807, 2.05) is 36.4 Å². The molecule has 2 rings (SSSR count). The van der Waals surface area contributed by atoms with Crippen molar-refractivity contribution in [1.29, 1.82) is 5.26 Å². The van der Waals surface area contributed by atoms with Crippen LogP contribution in [-0.4, -0.2) is 18.0 Å². The fourth-order valence-corrected chi connectivity index (χ4v) is 2.13. The van der Waals surface area contributed by atoms with Crippen LogP contribution in [0.1, 0.15) is 11.1 Å². The van der Waals surface area contributed by atoms with E-state index in [2.05, 4.69) is 10.6 Å². The molecule has 0 fully saturated rings. The lowest BCUT2D eigenvalue weighted by atomic mass is 10.1. The molecule has 0 aromatic heterocycles. The van der Waals surface area contributed by atoms with E-state index in [0.29, 0.717) is 17.7 Å². The van der Waals surface area contributed by atoms with Gasteiger partial charge in [-0.1, -0.05) is 36.4 Å². The van der Waals surface area contributed by atoms with Crippen molar-refractivity contribution in [3.8, 4) is 6.07 Å². The van der Waals surface area contributed by atoms with Gasteiger partial charge in [0.15, 0.2) is 0 Å². The van der Waals surface area contributed by atoms with Crippen LogP contribution in [0.5, 0.6) is 0 Å². The van der Waals surface area contributed by atoms with E-state index >= 15 is 0 Å². The van der Waals surface area contributed by atoms with E-state index in [9.17, 15) is 9.59 Å². The Labute approximate surface area is 133 Å². The summed E-state index contributed by atoms with van der Waals surface area (Å²) in [5.41, 5.74) is 6.97. The van der Waals surface area contributed by atoms with Crippen molar-refractivity contribution in [2.24, 2.45) is 5.73 Å². The highest BCUT2D eigenvalue weighted by Crippen LogP contribution is 2.11. The first-order valence-corrected chi connectivity index (χ1v) is 6.99. The van der Waals surface area contributed by atoms with Gasteiger partial charge in [0.25, 0.3) is 0 Å². The summed E-state index contributed by atoms with van der Waals surface area (Å²) in [7, 11) is 0. The van der Waals surface area contributed by atoms with Crippen molar-refractivity contribution in [2.75, 3.05) is 5.32 Å². The molecule has 23 heavy (non-hydrogen) atoms. The van der Waals surface area contributed by atoms with Crippen LogP contribution in [0.3, 0.4) is 0 Å². The summed E-state index contributed by atoms with van der Waals surface area (Å²) >= 11 is 0. The summed E-state index contributed by atoms with van der Waals surface area (Å²) in [4.78, 5) is 23.5. The Balaban J connectivity index is 2.12. The van der Waals surface area contributed by atoms with Crippen LogP contribution in [-0.2, 0) is 11.2 Å². The monoisotopic (exact) mass is 308 g/mol. The molecule has 6 nitrogen and oxygen atoms in total. The molecule has 1 unspecified atom stereocenters. The fourth-order valence-electron chi connectivity index (χ4n) is 2.13. The molecule has 0 aliphatic rings. The number of nitriles is 1. The van der Waals surface area contributed by atoms with Crippen LogP contribution in [0.4, 0.5) is 10.5 Å². The number of anilines is 1. The summed E-state index contributed by atoms with van der Waals surface area (Å²) in [6.45, 7) is 0. The molecule has 0 heterocycles. The zero-order valence-electron chi connectivity index (χ0n) is 12.3. The van der Waals surface area contributed by atoms with Crippen molar-refractivity contribution in [3.05, 3.63) is 65.7 Å². The molecule has 0 saturated carbocycles. The molecule has 0 radical (unpaired) electrons. The van der Waals surface area contributed by atoms with Gasteiger partial charge in [-0.2, -0.15) is 5.26 Å². The van der Waals surface area contributed by atoms with Gasteiger partial charge < -0.3 is 16.4 Å². The number of rotatable bonds is 5. The SMILES string of the molecule is N#Cc1cccc(NC(=O)C(Cc2ccccc2)NC(N)=O)c1. The summed E-state index contributed by atoms with van der Waals surface area (Å²) in [6, 6.07) is 16.3. The van der Waals surface area contributed by atoms with E-state index in [1.165, 1.54) is 0 Å². The minimum Gasteiger partial charge on any atom is -0.352 e. The summed E-state index contributed by atoms with van der Waals surface area (Å²) in [6.07, 6.45) is 0.313. The predicted molar refractivity (Wildman–Crippen MR) is 86.4 cm³/mol. The van der Waals surface area contributed by atoms with Gasteiger partial charge in [0.1, 0.15) is 6.04 Å². The number of nitrogens with zero attached hydrogens (tertiary/aromatic N) is 1. The Kier molecular flexibility index (Phi) is 5.31. The van der Waals surface area contributed by atoms with E-state index < -0.39 is 18.0 Å². The lowest BCUT2D eigenvalue weighted by Gasteiger charge is -2.17. The average molecular weight is 308 g/mol. The van der Waals surface area contributed by atoms with Gasteiger partial charge in [-0.3, -0.25) is 4.79 Å². The molecule has 0 saturated heterocycles. The van der Waals surface area contributed by atoms with Crippen LogP contribution >= 0.6 is 0 Å². The Bertz CT molecular complexity index is 738. The predicted octanol–water partition coefficient (Wildman–Crippen LogP) is 1.78. The minimum atomic E-state index is -0.805. The molecule has 1 atom stereocenters. The van der Waals surface area contributed by atoms with Crippen molar-refractivity contribution < 1.29 is 9.59 Å². The number of amides is 3. The zero-order valence-corrected chi connectivity index (χ0v) is 12.3. The van der Waals surface area contributed by atoms with Gasteiger partial charge in [0, 0.05) is 12.1 Å². The lowest BCUT2D eigenvalue weighted by molar-refractivity contribution is -0.117. The quantitative estimate of drug-likeness (QED) is 0.783. The number of urea groups is 1. The smallest absolute Gasteiger partial charge is 0.312 e. The summed E-state index contributed by atoms with van der Waals surface area (Å²) < 4.78 is 0. The third kappa shape index (κ3) is 4.86. The molecule has 116 valence electrons. The maximum Gasteiger partial charge on any atom is 0.312 e. The van der Waals surface area contributed by atoms with Gasteiger partial charge in [-0.15, -0.1) is 0 Å². The molecule has 0 aliphatic carbocycles. The van der Waals surface area contributed by atoms with Crippen LogP contribution in [0.2, 0.25) is 0 Å². The van der Waals surface area contributed by atoms with Crippen LogP contribution in [0.15, 0.2) is 54.6 Å². The first kappa shape index (κ1) is 16.0. The van der Waals surface area contributed by atoms with Gasteiger partial charge in [0.05, 0.1) is 11.6 Å². The first-order valence-electron chi connectivity index (χ1n) is 6.99. The number of primary amides is 1. The largest absolute Gasteiger partial charge is 0.352 e. The molecule has 0 spiro atoms. The number of nitrogens with two attached hydrogens (primary N) is 1. The van der Waals surface area contributed by atoms with E-state index in [-0.39, 0.29) is 0 Å². The maximum atomic E-state index is 12.4. The maximum absolute atomic E-state index is 12.4. The molecule has 6 heteroatoms. The molecule has 4 N–H and O–H groups in total. The van der Waals surface area contributed by atoms with Gasteiger partial charge in [0.2, 0.25) is 5.91 Å². The number of nitrogens with one attached hydrogen (secondary N) is 2. The normalized spacial score (nSPS) is 11.1. The van der Waals surface area contributed by atoms with Gasteiger partial charge in [-0.05, 0) is 23.8 Å². The topological polar surface area (TPSA) is 108 Å². The summed E-state index contributed by atoms with van der Waals surface area (Å²) in [5, 5.41) is 14.0. The summed E-state index contributed by atoms with van der Waals surface area (Å²) in [5.74, 6) is -0.400. The number of benzene rings is 2. The van der Waals surface area contributed by atoms with Crippen molar-refractivity contribution >= 4 is 17.6 Å². The highest BCUT2D eigenvalue weighted by molar-refractivity contribution is 5.97. The number of carbonyl (C=O) groups excluding carboxylic acids is 2. The first-order chi connectivity index (χ1) is 11.1. The van der Waals surface area contributed by atoms with Crippen LogP contribution in [0.25, 0.3) is 0 Å². The van der Waals surface area contributed by atoms with E-state index in [1.54, 1.807) is 24.3 Å². The third-order valence-corrected chi connectivity index (χ3v) is 3.17. The van der Waals surface area contributed by atoms with Crippen LogP contribution in [0, 0.1) is 11.3 Å². The van der Waals surface area contributed by atoms with Crippen molar-refractivity contribution in [3.63, 3.8) is 0 Å². The van der Waals surface area contributed by atoms with Crippen molar-refractivity contribution in [2.45, 2.75) is 12.5 Å². The van der Waals surface area contributed by atoms with Crippen LogP contribution < -0.4 is 16.4 Å². The van der Waals surface area contributed by atoms with Gasteiger partial charge in [-0.25, -0.2) is 4.79 Å². The Morgan fingerprint density at radius 2 is 1.87 bits per heavy atom. The van der Waals surface area contributed by atoms with E-state index in [0.717, 1.165) is 5.56 Å². The second kappa shape index (κ2) is 7.61. The Hall–Kier alpha value is -3.33. The molecule has 3 amide bonds. The second-order valence-electron chi connectivity index (χ2n) is 4.93. The molecule has 0 aliphatic heterocycles. The number of carbonyl (C=O) groups is 2. The number of hydrogen-bond donors (Lipinski definition) is 3. The molecular formula is C17H16N4O2. The minimum absolute atomic E-state index is 0.313. The molecular weight excluding hydrogens is 292 g/mol. The van der Waals surface area contributed by atoms with Crippen molar-refractivity contribution in [1.82, 2.24) is 5.32 Å². The lowest BCUT2D eigenvalue weighted by Crippen LogP contribution is -2.47. The van der Waals surface area contributed by atoms with Gasteiger partial charge >= 0.3 is 6.03 Å². The Morgan fingerprint density at radius 3 is 2.52 bits per heavy atom. The standard InChI is InChI=1S/C17H16N4O2/c18-11-13-7-4-8-14(9-13)20-16(22)15(21-17(19)23)10-12-5-2-1-3-6-12/h1-9,15H,10H2,(H,20,22)(H3,19,21,23). The number of hydrogen-bond acceptors (Lipinski definition) is 3. The average Bonchev–Trinajstić information content (AvgIpc) is 2.55. The fraction of sp³-hybridized carbons (Fsp3) is 0.118. The molecule has 2 aromatic rings. The highest BCUT2D eigenvalue weighted by Gasteiger charge is 2.20. The second-order valence-corrected chi connectivity index (χ2v) is 4.93. The highest BCUT2D eigenvalue weighted by atomic mass is 16.2. The molecule has 0 bridgehead atoms. The Morgan fingerprint density at radius 1 is 1.13 bits per heavy atom. The third-order valence-electron chi connectivity index (χ3n) is 3.17. The zero-order chi connectivity index (χ0) is 16.7. The molecule has 2 aromatic carbocycles. The van der Waals surface area contributed by atoms with E-state index in [4.69, 9.17) is 11.0 Å².